The molecular weight excluding hydrogens is 306 g/mol. The zero-order chi connectivity index (χ0) is 16.3. The monoisotopic (exact) mass is 325 g/mol. The first-order chi connectivity index (χ1) is 10.3. The summed E-state index contributed by atoms with van der Waals surface area (Å²) in [5, 5.41) is 2.57. The smallest absolute Gasteiger partial charge is 0.338 e. The average molecular weight is 325 g/mol. The zero-order valence-electron chi connectivity index (χ0n) is 12.6. The van der Waals surface area contributed by atoms with E-state index in [0.29, 0.717) is 12.0 Å². The zero-order valence-corrected chi connectivity index (χ0v) is 13.4. The predicted octanol–water partition coefficient (Wildman–Crippen LogP) is 0.764. The lowest BCUT2D eigenvalue weighted by Gasteiger charge is -2.11. The predicted molar refractivity (Wildman–Crippen MR) is 81.4 cm³/mol. The quantitative estimate of drug-likeness (QED) is 0.826. The van der Waals surface area contributed by atoms with Crippen molar-refractivity contribution < 1.29 is 22.7 Å². The number of carbonyl (C=O) groups is 2. The Balaban J connectivity index is 1.84. The van der Waals surface area contributed by atoms with E-state index in [1.165, 1.54) is 0 Å². The Hall–Kier alpha value is -1.89. The highest BCUT2D eigenvalue weighted by atomic mass is 32.2. The van der Waals surface area contributed by atoms with Crippen LogP contribution in [0.3, 0.4) is 0 Å². The third-order valence-corrected chi connectivity index (χ3v) is 5.30. The molecule has 0 radical (unpaired) electrons. The van der Waals surface area contributed by atoms with Crippen LogP contribution < -0.4 is 5.32 Å². The summed E-state index contributed by atoms with van der Waals surface area (Å²) in [5.41, 5.74) is 2.24. The van der Waals surface area contributed by atoms with E-state index in [4.69, 9.17) is 4.74 Å². The van der Waals surface area contributed by atoms with Crippen molar-refractivity contribution in [2.24, 2.45) is 0 Å². The molecule has 0 saturated carbocycles. The highest BCUT2D eigenvalue weighted by Crippen LogP contribution is 2.13. The molecule has 0 aliphatic carbocycles. The normalized spacial score (nSPS) is 19.6. The number of ether oxygens (including phenoxy) is 1. The fourth-order valence-corrected chi connectivity index (χ4v) is 4.10. The van der Waals surface area contributed by atoms with E-state index in [-0.39, 0.29) is 11.5 Å². The summed E-state index contributed by atoms with van der Waals surface area (Å²) >= 11 is 0. The van der Waals surface area contributed by atoms with Crippen LogP contribution in [0.25, 0.3) is 0 Å². The molecule has 1 aliphatic heterocycles. The van der Waals surface area contributed by atoms with Gasteiger partial charge in [0.25, 0.3) is 5.91 Å². The molecule has 1 fully saturated rings. The number of hydrogen-bond donors (Lipinski definition) is 1. The Morgan fingerprint density at radius 1 is 1.32 bits per heavy atom. The summed E-state index contributed by atoms with van der Waals surface area (Å²) < 4.78 is 27.6. The fourth-order valence-electron chi connectivity index (χ4n) is 2.43. The van der Waals surface area contributed by atoms with Crippen molar-refractivity contribution in [1.82, 2.24) is 5.32 Å². The first kappa shape index (κ1) is 16.5. The summed E-state index contributed by atoms with van der Waals surface area (Å²) in [6.45, 7) is 3.31. The van der Waals surface area contributed by atoms with Crippen LogP contribution >= 0.6 is 0 Å². The number of sulfone groups is 1. The molecule has 1 saturated heterocycles. The van der Waals surface area contributed by atoms with E-state index in [2.05, 4.69) is 5.32 Å². The molecule has 0 bridgehead atoms. The minimum Gasteiger partial charge on any atom is -0.452 e. The summed E-state index contributed by atoms with van der Waals surface area (Å²) in [6, 6.07) is 4.93. The second-order valence-electron chi connectivity index (χ2n) is 5.56. The standard InChI is InChI=1S/C15H19NO5S/c1-10-3-4-13(11(2)7-10)15(18)21-8-14(17)16-12-5-6-22(19,20)9-12/h3-4,7,12H,5-6,8-9H2,1-2H3,(H,16,17)/t12-/m1/s1. The summed E-state index contributed by atoms with van der Waals surface area (Å²) in [6.07, 6.45) is 0.402. The molecule has 1 atom stereocenters. The molecule has 6 nitrogen and oxygen atoms in total. The van der Waals surface area contributed by atoms with Crippen molar-refractivity contribution in [1.29, 1.82) is 0 Å². The molecule has 7 heteroatoms. The maximum absolute atomic E-state index is 11.9. The van der Waals surface area contributed by atoms with E-state index in [9.17, 15) is 18.0 Å². The maximum atomic E-state index is 11.9. The van der Waals surface area contributed by atoms with Gasteiger partial charge in [0, 0.05) is 6.04 Å². The van der Waals surface area contributed by atoms with Crippen LogP contribution in [-0.4, -0.2) is 44.4 Å². The number of carbonyl (C=O) groups excluding carboxylic acids is 2. The Bertz CT molecular complexity index is 696. The molecular formula is C15H19NO5S. The van der Waals surface area contributed by atoms with Gasteiger partial charge in [-0.15, -0.1) is 0 Å². The number of aryl methyl sites for hydroxylation is 2. The van der Waals surface area contributed by atoms with Gasteiger partial charge < -0.3 is 10.1 Å². The van der Waals surface area contributed by atoms with Gasteiger partial charge in [-0.3, -0.25) is 4.79 Å². The third-order valence-electron chi connectivity index (χ3n) is 3.53. The second kappa shape index (κ2) is 6.48. The fraction of sp³-hybridized carbons (Fsp3) is 0.467. The van der Waals surface area contributed by atoms with Gasteiger partial charge in [-0.25, -0.2) is 13.2 Å². The molecule has 1 aromatic rings. The summed E-state index contributed by atoms with van der Waals surface area (Å²) in [5.74, 6) is -1.02. The first-order valence-corrected chi connectivity index (χ1v) is 8.83. The second-order valence-corrected chi connectivity index (χ2v) is 7.79. The van der Waals surface area contributed by atoms with Gasteiger partial charge in [0.15, 0.2) is 16.4 Å². The molecule has 1 aromatic carbocycles. The van der Waals surface area contributed by atoms with Crippen LogP contribution in [0.4, 0.5) is 0 Å². The minimum atomic E-state index is -3.05. The molecule has 120 valence electrons. The average Bonchev–Trinajstić information content (AvgIpc) is 2.75. The molecule has 0 spiro atoms. The Morgan fingerprint density at radius 2 is 2.05 bits per heavy atom. The van der Waals surface area contributed by atoms with Crippen LogP contribution in [0.1, 0.15) is 27.9 Å². The lowest BCUT2D eigenvalue weighted by atomic mass is 10.1. The van der Waals surface area contributed by atoms with Crippen LogP contribution in [0, 0.1) is 13.8 Å². The first-order valence-electron chi connectivity index (χ1n) is 7.01. The van der Waals surface area contributed by atoms with Gasteiger partial charge in [-0.05, 0) is 31.9 Å². The number of nitrogens with one attached hydrogen (secondary N) is 1. The van der Waals surface area contributed by atoms with Gasteiger partial charge >= 0.3 is 5.97 Å². The molecule has 1 aliphatic rings. The van der Waals surface area contributed by atoms with Gasteiger partial charge in [0.2, 0.25) is 0 Å². The largest absolute Gasteiger partial charge is 0.452 e. The number of rotatable bonds is 4. The molecule has 1 N–H and O–H groups in total. The summed E-state index contributed by atoms with van der Waals surface area (Å²) in [4.78, 5) is 23.6. The SMILES string of the molecule is Cc1ccc(C(=O)OCC(=O)N[C@@H]2CCS(=O)(=O)C2)c(C)c1. The maximum Gasteiger partial charge on any atom is 0.338 e. The lowest BCUT2D eigenvalue weighted by Crippen LogP contribution is -2.38. The van der Waals surface area contributed by atoms with Crippen molar-refractivity contribution >= 4 is 21.7 Å². The lowest BCUT2D eigenvalue weighted by molar-refractivity contribution is -0.124. The van der Waals surface area contributed by atoms with Crippen molar-refractivity contribution in [3.05, 3.63) is 34.9 Å². The van der Waals surface area contributed by atoms with Crippen molar-refractivity contribution in [3.63, 3.8) is 0 Å². The Morgan fingerprint density at radius 3 is 2.64 bits per heavy atom. The van der Waals surface area contributed by atoms with Gasteiger partial charge in [0.1, 0.15) is 0 Å². The topological polar surface area (TPSA) is 89.5 Å². The van der Waals surface area contributed by atoms with Gasteiger partial charge in [0.05, 0.1) is 17.1 Å². The van der Waals surface area contributed by atoms with Crippen LogP contribution in [0.5, 0.6) is 0 Å². The van der Waals surface area contributed by atoms with Crippen molar-refractivity contribution in [2.75, 3.05) is 18.1 Å². The highest BCUT2D eigenvalue weighted by molar-refractivity contribution is 7.91. The van der Waals surface area contributed by atoms with Crippen molar-refractivity contribution in [2.45, 2.75) is 26.3 Å². The van der Waals surface area contributed by atoms with Gasteiger partial charge in [-0.2, -0.15) is 0 Å². The summed E-state index contributed by atoms with van der Waals surface area (Å²) in [7, 11) is -3.05. The van der Waals surface area contributed by atoms with E-state index >= 15 is 0 Å². The number of hydrogen-bond acceptors (Lipinski definition) is 5. The van der Waals surface area contributed by atoms with Crippen LogP contribution in [-0.2, 0) is 19.4 Å². The number of amides is 1. The van der Waals surface area contributed by atoms with Crippen molar-refractivity contribution in [3.8, 4) is 0 Å². The van der Waals surface area contributed by atoms with E-state index in [1.54, 1.807) is 19.1 Å². The van der Waals surface area contributed by atoms with E-state index < -0.39 is 34.4 Å². The highest BCUT2D eigenvalue weighted by Gasteiger charge is 2.29. The molecule has 22 heavy (non-hydrogen) atoms. The van der Waals surface area contributed by atoms with Crippen LogP contribution in [0.15, 0.2) is 18.2 Å². The number of esters is 1. The third kappa shape index (κ3) is 4.30. The van der Waals surface area contributed by atoms with Crippen LogP contribution in [0.2, 0.25) is 0 Å². The molecule has 0 aromatic heterocycles. The van der Waals surface area contributed by atoms with E-state index in [0.717, 1.165) is 11.1 Å². The number of benzene rings is 1. The molecule has 1 amide bonds. The molecule has 1 heterocycles. The minimum absolute atomic E-state index is 0.0518. The van der Waals surface area contributed by atoms with Gasteiger partial charge in [-0.1, -0.05) is 17.7 Å². The Labute approximate surface area is 129 Å². The Kier molecular flexibility index (Phi) is 4.85. The molecule has 2 rings (SSSR count). The van der Waals surface area contributed by atoms with E-state index in [1.807, 2.05) is 13.0 Å². The molecule has 0 unspecified atom stereocenters.